The molecule has 0 aliphatic carbocycles. The first kappa shape index (κ1) is 14.8. The summed E-state index contributed by atoms with van der Waals surface area (Å²) in [6.07, 6.45) is 0. The molecule has 4 heteroatoms. The van der Waals surface area contributed by atoms with Crippen molar-refractivity contribution in [3.63, 3.8) is 0 Å². The Bertz CT molecular complexity index is 596. The molecule has 4 nitrogen and oxygen atoms in total. The summed E-state index contributed by atoms with van der Waals surface area (Å²) in [6, 6.07) is 18.6. The number of anilines is 1. The molecule has 0 N–H and O–H groups in total. The molecule has 1 amide bonds. The molecule has 108 valence electrons. The number of hydrogen-bond donors (Lipinski definition) is 0. The fourth-order valence-electron chi connectivity index (χ4n) is 1.96. The second-order valence-corrected chi connectivity index (χ2v) is 4.43. The molecule has 0 unspecified atom stereocenters. The van der Waals surface area contributed by atoms with Crippen LogP contribution in [0.15, 0.2) is 60.7 Å². The SMILES string of the molecule is CCOC(=O)C(=O)N(Cc1ccccc1)c1ccccc1. The molecule has 21 heavy (non-hydrogen) atoms. The number of carbonyl (C=O) groups is 2. The van der Waals surface area contributed by atoms with Crippen LogP contribution in [0.5, 0.6) is 0 Å². The summed E-state index contributed by atoms with van der Waals surface area (Å²) in [7, 11) is 0. The van der Waals surface area contributed by atoms with Gasteiger partial charge in [-0.3, -0.25) is 9.69 Å². The van der Waals surface area contributed by atoms with Gasteiger partial charge in [0.15, 0.2) is 0 Å². The lowest BCUT2D eigenvalue weighted by molar-refractivity contribution is -0.153. The van der Waals surface area contributed by atoms with Crippen LogP contribution in [0.3, 0.4) is 0 Å². The number of hydrogen-bond acceptors (Lipinski definition) is 3. The molecule has 0 bridgehead atoms. The monoisotopic (exact) mass is 283 g/mol. The number of esters is 1. The third kappa shape index (κ3) is 3.92. The molecule has 0 heterocycles. The lowest BCUT2D eigenvalue weighted by Crippen LogP contribution is -2.37. The van der Waals surface area contributed by atoms with Crippen LogP contribution in [0.1, 0.15) is 12.5 Å². The quantitative estimate of drug-likeness (QED) is 0.640. The van der Waals surface area contributed by atoms with Gasteiger partial charge in [-0.1, -0.05) is 48.5 Å². The van der Waals surface area contributed by atoms with Crippen LogP contribution in [-0.4, -0.2) is 18.5 Å². The largest absolute Gasteiger partial charge is 0.459 e. The van der Waals surface area contributed by atoms with Crippen molar-refractivity contribution in [3.05, 3.63) is 66.2 Å². The van der Waals surface area contributed by atoms with Gasteiger partial charge in [0.1, 0.15) is 0 Å². The van der Waals surface area contributed by atoms with E-state index < -0.39 is 11.9 Å². The van der Waals surface area contributed by atoms with E-state index in [4.69, 9.17) is 4.74 Å². The van der Waals surface area contributed by atoms with E-state index in [0.717, 1.165) is 5.56 Å². The first-order valence-electron chi connectivity index (χ1n) is 6.80. The van der Waals surface area contributed by atoms with Gasteiger partial charge >= 0.3 is 11.9 Å². The summed E-state index contributed by atoms with van der Waals surface area (Å²) in [5.41, 5.74) is 1.61. The fraction of sp³-hybridized carbons (Fsp3) is 0.176. The third-order valence-corrected chi connectivity index (χ3v) is 2.95. The second kappa shape index (κ2) is 7.24. The standard InChI is InChI=1S/C17H17NO3/c1-2-21-17(20)16(19)18(15-11-7-4-8-12-15)13-14-9-5-3-6-10-14/h3-12H,2,13H2,1H3. The Hall–Kier alpha value is -2.62. The summed E-state index contributed by atoms with van der Waals surface area (Å²) in [5.74, 6) is -1.50. The highest BCUT2D eigenvalue weighted by atomic mass is 16.5. The number of rotatable bonds is 4. The number of amides is 1. The van der Waals surface area contributed by atoms with E-state index >= 15 is 0 Å². The van der Waals surface area contributed by atoms with Crippen LogP contribution in [0.4, 0.5) is 5.69 Å². The van der Waals surface area contributed by atoms with Crippen LogP contribution in [0, 0.1) is 0 Å². The van der Waals surface area contributed by atoms with E-state index in [2.05, 4.69) is 0 Å². The summed E-state index contributed by atoms with van der Waals surface area (Å²) in [4.78, 5) is 25.4. The highest BCUT2D eigenvalue weighted by molar-refractivity contribution is 6.38. The predicted molar refractivity (Wildman–Crippen MR) is 80.7 cm³/mol. The molecule has 0 saturated carbocycles. The highest BCUT2D eigenvalue weighted by Gasteiger charge is 2.24. The Morgan fingerprint density at radius 1 is 0.952 bits per heavy atom. The molecule has 0 aromatic heterocycles. The number of para-hydroxylation sites is 1. The molecule has 2 rings (SSSR count). The summed E-state index contributed by atoms with van der Waals surface area (Å²) < 4.78 is 4.81. The van der Waals surface area contributed by atoms with Crippen LogP contribution in [0.2, 0.25) is 0 Å². The van der Waals surface area contributed by atoms with Gasteiger partial charge in [-0.05, 0) is 24.6 Å². The molecule has 2 aromatic carbocycles. The van der Waals surface area contributed by atoms with Gasteiger partial charge in [0.2, 0.25) is 0 Å². The molecular formula is C17H17NO3. The van der Waals surface area contributed by atoms with Gasteiger partial charge in [0, 0.05) is 5.69 Å². The first-order chi connectivity index (χ1) is 10.2. The Kier molecular flexibility index (Phi) is 5.10. The lowest BCUT2D eigenvalue weighted by atomic mass is 10.2. The maximum atomic E-state index is 12.3. The van der Waals surface area contributed by atoms with Crippen molar-refractivity contribution >= 4 is 17.6 Å². The van der Waals surface area contributed by atoms with Crippen LogP contribution in [-0.2, 0) is 20.9 Å². The normalized spacial score (nSPS) is 9.95. The zero-order chi connectivity index (χ0) is 15.1. The minimum absolute atomic E-state index is 0.179. The predicted octanol–water partition coefficient (Wildman–Crippen LogP) is 2.78. The smallest absolute Gasteiger partial charge is 0.397 e. The molecular weight excluding hydrogens is 266 g/mol. The zero-order valence-electron chi connectivity index (χ0n) is 11.9. The second-order valence-electron chi connectivity index (χ2n) is 4.43. The number of nitrogens with zero attached hydrogens (tertiary/aromatic N) is 1. The maximum Gasteiger partial charge on any atom is 0.397 e. The van der Waals surface area contributed by atoms with Gasteiger partial charge in [-0.25, -0.2) is 4.79 Å². The average Bonchev–Trinajstić information content (AvgIpc) is 2.54. The van der Waals surface area contributed by atoms with Gasteiger partial charge in [0.05, 0.1) is 13.2 Å². The maximum absolute atomic E-state index is 12.3. The molecule has 0 fully saturated rings. The fourth-order valence-corrected chi connectivity index (χ4v) is 1.96. The number of ether oxygens (including phenoxy) is 1. The van der Waals surface area contributed by atoms with Crippen molar-refractivity contribution in [2.75, 3.05) is 11.5 Å². The zero-order valence-corrected chi connectivity index (χ0v) is 11.9. The van der Waals surface area contributed by atoms with E-state index in [9.17, 15) is 9.59 Å². The van der Waals surface area contributed by atoms with Gasteiger partial charge < -0.3 is 4.74 Å². The van der Waals surface area contributed by atoms with Crippen LogP contribution in [0.25, 0.3) is 0 Å². The highest BCUT2D eigenvalue weighted by Crippen LogP contribution is 2.17. The Labute approximate surface area is 124 Å². The Morgan fingerprint density at radius 2 is 1.52 bits per heavy atom. The minimum Gasteiger partial charge on any atom is -0.459 e. The van der Waals surface area contributed by atoms with Crippen molar-refractivity contribution in [2.45, 2.75) is 13.5 Å². The topological polar surface area (TPSA) is 46.6 Å². The van der Waals surface area contributed by atoms with Crippen LogP contribution >= 0.6 is 0 Å². The third-order valence-electron chi connectivity index (χ3n) is 2.95. The summed E-state index contributed by atoms with van der Waals surface area (Å²) in [6.45, 7) is 2.18. The van der Waals surface area contributed by atoms with Gasteiger partial charge in [-0.15, -0.1) is 0 Å². The van der Waals surface area contributed by atoms with E-state index in [1.807, 2.05) is 48.5 Å². The van der Waals surface area contributed by atoms with Crippen molar-refractivity contribution in [1.29, 1.82) is 0 Å². The molecule has 0 atom stereocenters. The van der Waals surface area contributed by atoms with Gasteiger partial charge in [0.25, 0.3) is 0 Å². The number of benzene rings is 2. The Balaban J connectivity index is 2.27. The lowest BCUT2D eigenvalue weighted by Gasteiger charge is -2.21. The molecule has 0 aliphatic heterocycles. The average molecular weight is 283 g/mol. The number of carbonyl (C=O) groups excluding carboxylic acids is 2. The summed E-state index contributed by atoms with van der Waals surface area (Å²) >= 11 is 0. The molecule has 0 spiro atoms. The van der Waals surface area contributed by atoms with E-state index in [1.165, 1.54) is 4.90 Å². The van der Waals surface area contributed by atoms with E-state index in [0.29, 0.717) is 12.2 Å². The van der Waals surface area contributed by atoms with Crippen molar-refractivity contribution in [2.24, 2.45) is 0 Å². The van der Waals surface area contributed by atoms with Gasteiger partial charge in [-0.2, -0.15) is 0 Å². The Morgan fingerprint density at radius 3 is 2.10 bits per heavy atom. The van der Waals surface area contributed by atoms with Crippen molar-refractivity contribution in [3.8, 4) is 0 Å². The first-order valence-corrected chi connectivity index (χ1v) is 6.80. The molecule has 0 radical (unpaired) electrons. The van der Waals surface area contributed by atoms with E-state index in [-0.39, 0.29) is 6.61 Å². The van der Waals surface area contributed by atoms with E-state index in [1.54, 1.807) is 19.1 Å². The minimum atomic E-state index is -0.836. The summed E-state index contributed by atoms with van der Waals surface area (Å²) in [5, 5.41) is 0. The molecule has 2 aromatic rings. The van der Waals surface area contributed by atoms with Crippen LogP contribution < -0.4 is 4.90 Å². The molecule has 0 aliphatic rings. The van der Waals surface area contributed by atoms with Crippen molar-refractivity contribution in [1.82, 2.24) is 0 Å². The van der Waals surface area contributed by atoms with Crippen molar-refractivity contribution < 1.29 is 14.3 Å². The molecule has 0 saturated heterocycles.